The van der Waals surface area contributed by atoms with Gasteiger partial charge in [-0.05, 0) is 24.5 Å². The van der Waals surface area contributed by atoms with E-state index < -0.39 is 6.10 Å². The van der Waals surface area contributed by atoms with Gasteiger partial charge in [-0.3, -0.25) is 0 Å². The minimum Gasteiger partial charge on any atom is -0.467 e. The van der Waals surface area contributed by atoms with Crippen LogP contribution in [0.4, 0.5) is 0 Å². The molecule has 0 aliphatic carbocycles. The maximum absolute atomic E-state index is 12.4. The molecule has 2 aromatic rings. The summed E-state index contributed by atoms with van der Waals surface area (Å²) in [7, 11) is 1.41. The van der Waals surface area contributed by atoms with Crippen molar-refractivity contribution >= 4 is 5.97 Å². The lowest BCUT2D eigenvalue weighted by atomic mass is 10.0. The topological polar surface area (TPSA) is 47.6 Å². The molecule has 3 atom stereocenters. The number of hydrogen-bond donors (Lipinski definition) is 1. The summed E-state index contributed by atoms with van der Waals surface area (Å²) in [6.45, 7) is 4.58. The van der Waals surface area contributed by atoms with Crippen molar-refractivity contribution in [1.82, 2.24) is 5.32 Å². The number of esters is 1. The predicted octanol–water partition coefficient (Wildman–Crippen LogP) is 4.26. The SMILES string of the molecule is CCC[C@H](N[C@@H](C)c1ccccc1)[C@H](OCc1ccccc1)C(=O)OC. The van der Waals surface area contributed by atoms with E-state index in [9.17, 15) is 4.79 Å². The molecule has 0 aliphatic rings. The van der Waals surface area contributed by atoms with Gasteiger partial charge in [-0.15, -0.1) is 0 Å². The van der Waals surface area contributed by atoms with Gasteiger partial charge in [0.2, 0.25) is 0 Å². The number of methoxy groups -OCH3 is 1. The van der Waals surface area contributed by atoms with Crippen LogP contribution in [0.25, 0.3) is 0 Å². The number of hydrogen-bond acceptors (Lipinski definition) is 4. The van der Waals surface area contributed by atoms with Crippen molar-refractivity contribution in [2.24, 2.45) is 0 Å². The summed E-state index contributed by atoms with van der Waals surface area (Å²) >= 11 is 0. The molecule has 4 nitrogen and oxygen atoms in total. The highest BCUT2D eigenvalue weighted by atomic mass is 16.6. The third-order valence-electron chi connectivity index (χ3n) is 4.43. The fourth-order valence-electron chi connectivity index (χ4n) is 3.02. The normalized spacial score (nSPS) is 14.4. The van der Waals surface area contributed by atoms with Crippen LogP contribution in [0.3, 0.4) is 0 Å². The maximum atomic E-state index is 12.4. The lowest BCUT2D eigenvalue weighted by Gasteiger charge is -2.29. The molecule has 0 spiro atoms. The molecule has 0 amide bonds. The van der Waals surface area contributed by atoms with Crippen LogP contribution in [0.15, 0.2) is 60.7 Å². The van der Waals surface area contributed by atoms with Crippen molar-refractivity contribution in [2.45, 2.75) is 51.5 Å². The number of benzene rings is 2. The fourth-order valence-corrected chi connectivity index (χ4v) is 3.02. The molecule has 1 N–H and O–H groups in total. The Balaban J connectivity index is 2.10. The Morgan fingerprint density at radius 2 is 1.65 bits per heavy atom. The highest BCUT2D eigenvalue weighted by Gasteiger charge is 2.30. The Bertz CT molecular complexity index is 645. The van der Waals surface area contributed by atoms with Crippen molar-refractivity contribution < 1.29 is 14.3 Å². The van der Waals surface area contributed by atoms with E-state index in [1.165, 1.54) is 12.7 Å². The minimum atomic E-state index is -0.647. The zero-order chi connectivity index (χ0) is 18.8. The van der Waals surface area contributed by atoms with E-state index in [2.05, 4.69) is 31.3 Å². The molecule has 140 valence electrons. The largest absolute Gasteiger partial charge is 0.467 e. The maximum Gasteiger partial charge on any atom is 0.336 e. The van der Waals surface area contributed by atoms with Crippen LogP contribution >= 0.6 is 0 Å². The van der Waals surface area contributed by atoms with Crippen LogP contribution in [0, 0.1) is 0 Å². The van der Waals surface area contributed by atoms with Crippen LogP contribution in [0.1, 0.15) is 43.9 Å². The standard InChI is InChI=1S/C22H29NO3/c1-4-11-20(23-17(2)19-14-9-6-10-15-19)21(22(24)25-3)26-16-18-12-7-5-8-13-18/h5-10,12-15,17,20-21,23H,4,11,16H2,1-3H3/t17-,20-,21-/m0/s1. The number of nitrogens with one attached hydrogen (secondary N) is 1. The second kappa shape index (κ2) is 10.7. The minimum absolute atomic E-state index is 0.111. The summed E-state index contributed by atoms with van der Waals surface area (Å²) in [5.41, 5.74) is 2.22. The summed E-state index contributed by atoms with van der Waals surface area (Å²) in [6.07, 6.45) is 1.12. The van der Waals surface area contributed by atoms with E-state index in [-0.39, 0.29) is 18.1 Å². The first-order chi connectivity index (χ1) is 12.7. The monoisotopic (exact) mass is 355 g/mol. The van der Waals surface area contributed by atoms with Gasteiger partial charge in [0.15, 0.2) is 6.10 Å². The van der Waals surface area contributed by atoms with E-state index >= 15 is 0 Å². The van der Waals surface area contributed by atoms with Crippen LogP contribution < -0.4 is 5.32 Å². The van der Waals surface area contributed by atoms with Crippen LogP contribution in [-0.4, -0.2) is 25.2 Å². The summed E-state index contributed by atoms with van der Waals surface area (Å²) in [6, 6.07) is 20.1. The summed E-state index contributed by atoms with van der Waals surface area (Å²) in [5.74, 6) is -0.341. The summed E-state index contributed by atoms with van der Waals surface area (Å²) < 4.78 is 11.0. The Labute approximate surface area is 156 Å². The van der Waals surface area contributed by atoms with Crippen LogP contribution in [0.2, 0.25) is 0 Å². The molecule has 0 fully saturated rings. The molecule has 0 aliphatic heterocycles. The van der Waals surface area contributed by atoms with Crippen molar-refractivity contribution in [1.29, 1.82) is 0 Å². The van der Waals surface area contributed by atoms with Gasteiger partial charge < -0.3 is 14.8 Å². The average molecular weight is 355 g/mol. The van der Waals surface area contributed by atoms with Crippen molar-refractivity contribution in [2.75, 3.05) is 7.11 Å². The Morgan fingerprint density at radius 3 is 2.23 bits per heavy atom. The molecule has 0 bridgehead atoms. The first kappa shape index (κ1) is 20.1. The average Bonchev–Trinajstić information content (AvgIpc) is 2.69. The smallest absolute Gasteiger partial charge is 0.336 e. The van der Waals surface area contributed by atoms with Gasteiger partial charge >= 0.3 is 5.97 Å². The van der Waals surface area contributed by atoms with Gasteiger partial charge in [-0.25, -0.2) is 4.79 Å². The summed E-state index contributed by atoms with van der Waals surface area (Å²) in [4.78, 5) is 12.4. The first-order valence-corrected chi connectivity index (χ1v) is 9.20. The molecule has 2 aromatic carbocycles. The zero-order valence-corrected chi connectivity index (χ0v) is 15.9. The van der Waals surface area contributed by atoms with Gasteiger partial charge in [0.1, 0.15) is 0 Å². The molecule has 2 rings (SSSR count). The first-order valence-electron chi connectivity index (χ1n) is 9.20. The van der Waals surface area contributed by atoms with Crippen molar-refractivity contribution in [3.05, 3.63) is 71.8 Å². The fraction of sp³-hybridized carbons (Fsp3) is 0.409. The molecular weight excluding hydrogens is 326 g/mol. The highest BCUT2D eigenvalue weighted by molar-refractivity contribution is 5.75. The lowest BCUT2D eigenvalue weighted by molar-refractivity contribution is -0.157. The Morgan fingerprint density at radius 1 is 1.04 bits per heavy atom. The number of carbonyl (C=O) groups excluding carboxylic acids is 1. The second-order valence-electron chi connectivity index (χ2n) is 6.43. The second-order valence-corrected chi connectivity index (χ2v) is 6.43. The Hall–Kier alpha value is -2.17. The molecule has 0 heterocycles. The molecular formula is C22H29NO3. The molecule has 26 heavy (non-hydrogen) atoms. The van der Waals surface area contributed by atoms with Gasteiger partial charge in [-0.1, -0.05) is 74.0 Å². The van der Waals surface area contributed by atoms with Gasteiger partial charge in [0.25, 0.3) is 0 Å². The van der Waals surface area contributed by atoms with E-state index in [1.807, 2.05) is 48.5 Å². The predicted molar refractivity (Wildman–Crippen MR) is 104 cm³/mol. The molecule has 0 aromatic heterocycles. The van der Waals surface area contributed by atoms with E-state index in [1.54, 1.807) is 0 Å². The highest BCUT2D eigenvalue weighted by Crippen LogP contribution is 2.18. The molecule has 0 unspecified atom stereocenters. The van der Waals surface area contributed by atoms with Gasteiger partial charge in [-0.2, -0.15) is 0 Å². The molecule has 0 radical (unpaired) electrons. The number of ether oxygens (including phenoxy) is 2. The van der Waals surface area contributed by atoms with E-state index in [0.717, 1.165) is 18.4 Å². The third-order valence-corrected chi connectivity index (χ3v) is 4.43. The zero-order valence-electron chi connectivity index (χ0n) is 15.9. The van der Waals surface area contributed by atoms with Crippen LogP contribution in [-0.2, 0) is 20.9 Å². The number of rotatable bonds is 10. The van der Waals surface area contributed by atoms with Crippen LogP contribution in [0.5, 0.6) is 0 Å². The lowest BCUT2D eigenvalue weighted by Crippen LogP contribution is -2.47. The van der Waals surface area contributed by atoms with Crippen molar-refractivity contribution in [3.63, 3.8) is 0 Å². The van der Waals surface area contributed by atoms with E-state index in [4.69, 9.17) is 9.47 Å². The van der Waals surface area contributed by atoms with E-state index in [0.29, 0.717) is 6.61 Å². The third kappa shape index (κ3) is 5.97. The van der Waals surface area contributed by atoms with Gasteiger partial charge in [0.05, 0.1) is 13.7 Å². The van der Waals surface area contributed by atoms with Gasteiger partial charge in [0, 0.05) is 12.1 Å². The quantitative estimate of drug-likeness (QED) is 0.647. The summed E-state index contributed by atoms with van der Waals surface area (Å²) in [5, 5.41) is 3.56. The molecule has 0 saturated heterocycles. The van der Waals surface area contributed by atoms with Crippen molar-refractivity contribution in [3.8, 4) is 0 Å². The molecule has 0 saturated carbocycles. The molecule has 4 heteroatoms. The Kier molecular flexibility index (Phi) is 8.32. The number of carbonyl (C=O) groups is 1.